The highest BCUT2D eigenvalue weighted by atomic mass is 32.1. The quantitative estimate of drug-likeness (QED) is 0.673. The number of alkyl halides is 3. The van der Waals surface area contributed by atoms with Crippen molar-refractivity contribution < 1.29 is 22.7 Å². The van der Waals surface area contributed by atoms with E-state index in [1.165, 1.54) is 11.3 Å². The van der Waals surface area contributed by atoms with E-state index in [4.69, 9.17) is 4.74 Å². The predicted octanol–water partition coefficient (Wildman–Crippen LogP) is 4.43. The number of hydrogen-bond acceptors (Lipinski definition) is 5. The van der Waals surface area contributed by atoms with E-state index in [0.717, 1.165) is 30.0 Å². The lowest BCUT2D eigenvalue weighted by Crippen LogP contribution is -2.12. The molecule has 1 heterocycles. The third kappa shape index (κ3) is 5.27. The minimum atomic E-state index is -4.44. The Labute approximate surface area is 156 Å². The molecule has 3 rings (SSSR count). The van der Waals surface area contributed by atoms with Crippen molar-refractivity contribution in [2.75, 3.05) is 11.9 Å². The third-order valence-corrected chi connectivity index (χ3v) is 4.39. The van der Waals surface area contributed by atoms with E-state index in [1.807, 2.05) is 30.3 Å². The van der Waals surface area contributed by atoms with Gasteiger partial charge < -0.3 is 4.74 Å². The van der Waals surface area contributed by atoms with Crippen LogP contribution in [0.5, 0.6) is 5.75 Å². The van der Waals surface area contributed by atoms with Gasteiger partial charge in [0.2, 0.25) is 5.13 Å². The van der Waals surface area contributed by atoms with E-state index in [2.05, 4.69) is 15.5 Å². The molecule has 0 aliphatic carbocycles. The summed E-state index contributed by atoms with van der Waals surface area (Å²) in [4.78, 5) is 12.1. The Kier molecular flexibility index (Phi) is 5.70. The zero-order chi connectivity index (χ0) is 19.3. The second kappa shape index (κ2) is 8.17. The summed E-state index contributed by atoms with van der Waals surface area (Å²) in [7, 11) is 0. The topological polar surface area (TPSA) is 64.1 Å². The maximum atomic E-state index is 12.6. The number of halogens is 3. The summed E-state index contributed by atoms with van der Waals surface area (Å²) in [6.45, 7) is 0.408. The fourth-order valence-corrected chi connectivity index (χ4v) is 2.87. The standard InChI is InChI=1S/C18H14F3N3O2S/c19-18(20,21)13-8-6-12(7-9-13)16(25)22-17-24-23-15(27-17)10-11-26-14-4-2-1-3-5-14/h1-9H,10-11H2,(H,22,24,25). The summed E-state index contributed by atoms with van der Waals surface area (Å²) in [5.74, 6) is 0.199. The molecule has 0 saturated carbocycles. The number of para-hydroxylation sites is 1. The van der Waals surface area contributed by atoms with Crippen molar-refractivity contribution in [3.63, 3.8) is 0 Å². The predicted molar refractivity (Wildman–Crippen MR) is 94.9 cm³/mol. The normalized spacial score (nSPS) is 11.2. The Balaban J connectivity index is 1.53. The fourth-order valence-electron chi connectivity index (χ4n) is 2.16. The number of anilines is 1. The SMILES string of the molecule is O=C(Nc1nnc(CCOc2ccccc2)s1)c1ccc(C(F)(F)F)cc1. The molecule has 0 aliphatic heterocycles. The maximum absolute atomic E-state index is 12.6. The van der Waals surface area contributed by atoms with Crippen LogP contribution in [-0.2, 0) is 12.6 Å². The molecule has 27 heavy (non-hydrogen) atoms. The second-order valence-electron chi connectivity index (χ2n) is 5.44. The van der Waals surface area contributed by atoms with Gasteiger partial charge in [0.1, 0.15) is 10.8 Å². The largest absolute Gasteiger partial charge is 0.493 e. The summed E-state index contributed by atoms with van der Waals surface area (Å²) >= 11 is 1.18. The van der Waals surface area contributed by atoms with Crippen molar-refractivity contribution in [3.8, 4) is 5.75 Å². The Morgan fingerprint density at radius 2 is 1.74 bits per heavy atom. The van der Waals surface area contributed by atoms with Crippen LogP contribution in [0, 0.1) is 0 Å². The average Bonchev–Trinajstić information content (AvgIpc) is 3.09. The summed E-state index contributed by atoms with van der Waals surface area (Å²) in [6, 6.07) is 13.3. The highest BCUT2D eigenvalue weighted by Gasteiger charge is 2.30. The molecule has 0 aliphatic rings. The highest BCUT2D eigenvalue weighted by Crippen LogP contribution is 2.29. The smallest absolute Gasteiger partial charge is 0.416 e. The molecule has 0 radical (unpaired) electrons. The molecule has 0 saturated heterocycles. The van der Waals surface area contributed by atoms with Crippen molar-refractivity contribution in [1.82, 2.24) is 10.2 Å². The Morgan fingerprint density at radius 3 is 2.41 bits per heavy atom. The number of ether oxygens (including phenoxy) is 1. The minimum absolute atomic E-state index is 0.104. The van der Waals surface area contributed by atoms with Crippen LogP contribution in [0.2, 0.25) is 0 Å². The molecule has 140 valence electrons. The van der Waals surface area contributed by atoms with Gasteiger partial charge in [0.15, 0.2) is 0 Å². The van der Waals surface area contributed by atoms with E-state index in [-0.39, 0.29) is 10.7 Å². The molecule has 0 fully saturated rings. The molecule has 3 aromatic rings. The number of amides is 1. The van der Waals surface area contributed by atoms with Crippen LogP contribution in [0.1, 0.15) is 20.9 Å². The Bertz CT molecular complexity index is 896. The molecule has 0 spiro atoms. The first kappa shape index (κ1) is 18.8. The molecule has 1 aromatic heterocycles. The van der Waals surface area contributed by atoms with Gasteiger partial charge in [0, 0.05) is 12.0 Å². The molecule has 0 unspecified atom stereocenters. The summed E-state index contributed by atoms with van der Waals surface area (Å²) in [5, 5.41) is 11.3. The molecular weight excluding hydrogens is 379 g/mol. The van der Waals surface area contributed by atoms with Crippen molar-refractivity contribution in [2.24, 2.45) is 0 Å². The van der Waals surface area contributed by atoms with E-state index >= 15 is 0 Å². The van der Waals surface area contributed by atoms with Crippen LogP contribution in [0.25, 0.3) is 0 Å². The van der Waals surface area contributed by atoms with Crippen molar-refractivity contribution in [1.29, 1.82) is 0 Å². The van der Waals surface area contributed by atoms with Gasteiger partial charge in [-0.2, -0.15) is 13.2 Å². The zero-order valence-corrected chi connectivity index (χ0v) is 14.7. The van der Waals surface area contributed by atoms with E-state index in [1.54, 1.807) is 0 Å². The molecule has 0 atom stereocenters. The molecular formula is C18H14F3N3O2S. The number of nitrogens with zero attached hydrogens (tertiary/aromatic N) is 2. The fraction of sp³-hybridized carbons (Fsp3) is 0.167. The molecule has 9 heteroatoms. The van der Waals surface area contributed by atoms with Crippen molar-refractivity contribution in [2.45, 2.75) is 12.6 Å². The van der Waals surface area contributed by atoms with Crippen LogP contribution in [0.3, 0.4) is 0 Å². The second-order valence-corrected chi connectivity index (χ2v) is 6.50. The van der Waals surface area contributed by atoms with Gasteiger partial charge in [0.05, 0.1) is 12.2 Å². The lowest BCUT2D eigenvalue weighted by molar-refractivity contribution is -0.137. The van der Waals surface area contributed by atoms with Gasteiger partial charge in [-0.3, -0.25) is 10.1 Å². The zero-order valence-electron chi connectivity index (χ0n) is 13.9. The van der Waals surface area contributed by atoms with E-state index in [0.29, 0.717) is 18.0 Å². The van der Waals surface area contributed by atoms with Gasteiger partial charge in [-0.1, -0.05) is 29.5 Å². The number of benzene rings is 2. The number of rotatable bonds is 6. The van der Waals surface area contributed by atoms with Crippen LogP contribution >= 0.6 is 11.3 Å². The molecule has 1 amide bonds. The number of aromatic nitrogens is 2. The summed E-state index contributed by atoms with van der Waals surface area (Å²) in [6.07, 6.45) is -3.92. The number of carbonyl (C=O) groups is 1. The first-order chi connectivity index (χ1) is 12.9. The van der Waals surface area contributed by atoms with Crippen molar-refractivity contribution in [3.05, 3.63) is 70.7 Å². The lowest BCUT2D eigenvalue weighted by Gasteiger charge is -2.07. The third-order valence-electron chi connectivity index (χ3n) is 3.49. The van der Waals surface area contributed by atoms with Gasteiger partial charge in [0.25, 0.3) is 5.91 Å². The van der Waals surface area contributed by atoms with Crippen molar-refractivity contribution >= 4 is 22.4 Å². The van der Waals surface area contributed by atoms with Gasteiger partial charge in [-0.25, -0.2) is 0 Å². The maximum Gasteiger partial charge on any atom is 0.416 e. The van der Waals surface area contributed by atoms with Crippen LogP contribution in [0.15, 0.2) is 54.6 Å². The number of hydrogen-bond donors (Lipinski definition) is 1. The molecule has 0 bridgehead atoms. The Morgan fingerprint density at radius 1 is 1.04 bits per heavy atom. The molecule has 1 N–H and O–H groups in total. The summed E-state index contributed by atoms with van der Waals surface area (Å²) < 4.78 is 43.2. The number of nitrogens with one attached hydrogen (secondary N) is 1. The van der Waals surface area contributed by atoms with Gasteiger partial charge >= 0.3 is 6.18 Å². The highest BCUT2D eigenvalue weighted by molar-refractivity contribution is 7.15. The van der Waals surface area contributed by atoms with Crippen LogP contribution in [0.4, 0.5) is 18.3 Å². The number of carbonyl (C=O) groups excluding carboxylic acids is 1. The van der Waals surface area contributed by atoms with Gasteiger partial charge in [-0.15, -0.1) is 10.2 Å². The van der Waals surface area contributed by atoms with E-state index in [9.17, 15) is 18.0 Å². The van der Waals surface area contributed by atoms with E-state index < -0.39 is 17.6 Å². The van der Waals surface area contributed by atoms with Crippen LogP contribution in [-0.4, -0.2) is 22.7 Å². The monoisotopic (exact) mass is 393 g/mol. The van der Waals surface area contributed by atoms with Crippen LogP contribution < -0.4 is 10.1 Å². The van der Waals surface area contributed by atoms with Gasteiger partial charge in [-0.05, 0) is 36.4 Å². The first-order valence-electron chi connectivity index (χ1n) is 7.90. The first-order valence-corrected chi connectivity index (χ1v) is 8.72. The minimum Gasteiger partial charge on any atom is -0.493 e. The Hall–Kier alpha value is -2.94. The average molecular weight is 393 g/mol. The lowest BCUT2D eigenvalue weighted by atomic mass is 10.1. The summed E-state index contributed by atoms with van der Waals surface area (Å²) in [5.41, 5.74) is -0.706. The molecule has 5 nitrogen and oxygen atoms in total. The molecule has 2 aromatic carbocycles.